The molecule has 50 valence electrons. The summed E-state index contributed by atoms with van der Waals surface area (Å²) in [6.07, 6.45) is 3.48. The van der Waals surface area contributed by atoms with Crippen molar-refractivity contribution in [2.75, 3.05) is 13.2 Å². The molecule has 0 aromatic rings. The largest absolute Gasteiger partial charge is 0.379 e. The van der Waals surface area contributed by atoms with Crippen LogP contribution in [0.15, 0.2) is 12.7 Å². The summed E-state index contributed by atoms with van der Waals surface area (Å²) >= 11 is 0. The Morgan fingerprint density at radius 2 is 2.33 bits per heavy atom. The molecule has 0 N–H and O–H groups in total. The molecular formula is C7H10O2. The Labute approximate surface area is 54.5 Å². The van der Waals surface area contributed by atoms with E-state index in [0.717, 1.165) is 12.7 Å². The average Bonchev–Trinajstić information content (AvgIpc) is 1.79. The molecule has 0 bridgehead atoms. The second-order valence-corrected chi connectivity index (χ2v) is 2.47. The molecule has 1 aliphatic heterocycles. The summed E-state index contributed by atoms with van der Waals surface area (Å²) in [7, 11) is 0. The maximum atomic E-state index is 10.4. The second-order valence-electron chi connectivity index (χ2n) is 2.47. The van der Waals surface area contributed by atoms with Gasteiger partial charge in [0, 0.05) is 0 Å². The molecule has 0 amide bonds. The number of ether oxygens (including phenoxy) is 1. The molecule has 0 atom stereocenters. The summed E-state index contributed by atoms with van der Waals surface area (Å²) in [6.45, 7) is 4.70. The quantitative estimate of drug-likeness (QED) is 0.412. The molecule has 0 aromatic carbocycles. The third kappa shape index (κ3) is 1.03. The van der Waals surface area contributed by atoms with E-state index in [1.165, 1.54) is 0 Å². The van der Waals surface area contributed by atoms with E-state index < -0.39 is 0 Å². The minimum Gasteiger partial charge on any atom is -0.379 e. The molecule has 1 aliphatic rings. The third-order valence-corrected chi connectivity index (χ3v) is 1.58. The first-order chi connectivity index (χ1) is 4.33. The number of hydrogen-bond acceptors (Lipinski definition) is 2. The highest BCUT2D eigenvalue weighted by molar-refractivity contribution is 5.61. The van der Waals surface area contributed by atoms with E-state index in [2.05, 4.69) is 6.58 Å². The molecule has 0 spiro atoms. The Morgan fingerprint density at radius 1 is 1.67 bits per heavy atom. The normalized spacial score (nSPS) is 22.2. The minimum atomic E-state index is -0.207. The highest BCUT2D eigenvalue weighted by atomic mass is 16.5. The fraction of sp³-hybridized carbons (Fsp3) is 0.571. The van der Waals surface area contributed by atoms with Gasteiger partial charge in [0.05, 0.1) is 18.6 Å². The number of aldehydes is 1. The molecule has 0 aromatic heterocycles. The van der Waals surface area contributed by atoms with E-state index >= 15 is 0 Å². The van der Waals surface area contributed by atoms with Crippen LogP contribution in [-0.2, 0) is 9.53 Å². The van der Waals surface area contributed by atoms with Crippen molar-refractivity contribution < 1.29 is 9.53 Å². The van der Waals surface area contributed by atoms with Gasteiger partial charge in [-0.2, -0.15) is 0 Å². The van der Waals surface area contributed by atoms with Crippen LogP contribution in [0.25, 0.3) is 0 Å². The first kappa shape index (κ1) is 6.49. The van der Waals surface area contributed by atoms with Gasteiger partial charge < -0.3 is 9.53 Å². The smallest absolute Gasteiger partial charge is 0.131 e. The Kier molecular flexibility index (Phi) is 1.67. The molecular weight excluding hydrogens is 116 g/mol. The van der Waals surface area contributed by atoms with Crippen LogP contribution in [0.1, 0.15) is 6.42 Å². The van der Waals surface area contributed by atoms with Gasteiger partial charge in [0.1, 0.15) is 6.29 Å². The zero-order valence-corrected chi connectivity index (χ0v) is 5.30. The number of carbonyl (C=O) groups is 1. The van der Waals surface area contributed by atoms with E-state index in [1.54, 1.807) is 6.08 Å². The van der Waals surface area contributed by atoms with Crippen LogP contribution in [-0.4, -0.2) is 19.5 Å². The van der Waals surface area contributed by atoms with Gasteiger partial charge in [0.15, 0.2) is 0 Å². The van der Waals surface area contributed by atoms with E-state index in [1.807, 2.05) is 0 Å². The lowest BCUT2D eigenvalue weighted by Gasteiger charge is -2.35. The molecule has 0 unspecified atom stereocenters. The predicted octanol–water partition coefficient (Wildman–Crippen LogP) is 0.778. The maximum absolute atomic E-state index is 10.4. The first-order valence-electron chi connectivity index (χ1n) is 2.98. The SMILES string of the molecule is C=CCC1(C=O)COC1. The van der Waals surface area contributed by atoms with Gasteiger partial charge in [0.25, 0.3) is 0 Å². The summed E-state index contributed by atoms with van der Waals surface area (Å²) in [4.78, 5) is 10.4. The third-order valence-electron chi connectivity index (χ3n) is 1.58. The maximum Gasteiger partial charge on any atom is 0.131 e. The lowest BCUT2D eigenvalue weighted by atomic mass is 9.84. The molecule has 2 nitrogen and oxygen atoms in total. The van der Waals surface area contributed by atoms with Crippen molar-refractivity contribution in [2.24, 2.45) is 5.41 Å². The summed E-state index contributed by atoms with van der Waals surface area (Å²) < 4.78 is 4.90. The topological polar surface area (TPSA) is 26.3 Å². The number of allylic oxidation sites excluding steroid dienone is 1. The zero-order chi connectivity index (χ0) is 6.74. The van der Waals surface area contributed by atoms with Crippen LogP contribution in [0, 0.1) is 5.41 Å². The lowest BCUT2D eigenvalue weighted by molar-refractivity contribution is -0.145. The molecule has 1 fully saturated rings. The van der Waals surface area contributed by atoms with E-state index in [-0.39, 0.29) is 5.41 Å². The van der Waals surface area contributed by atoms with E-state index in [0.29, 0.717) is 13.2 Å². The van der Waals surface area contributed by atoms with Crippen LogP contribution in [0.3, 0.4) is 0 Å². The van der Waals surface area contributed by atoms with Crippen LogP contribution < -0.4 is 0 Å². The Morgan fingerprint density at radius 3 is 2.44 bits per heavy atom. The standard InChI is InChI=1S/C7H10O2/c1-2-3-7(4-8)5-9-6-7/h2,4H,1,3,5-6H2. The number of carbonyl (C=O) groups excluding carboxylic acids is 1. The molecule has 0 radical (unpaired) electrons. The van der Waals surface area contributed by atoms with Gasteiger partial charge in [-0.3, -0.25) is 0 Å². The molecule has 1 saturated heterocycles. The van der Waals surface area contributed by atoms with E-state index in [4.69, 9.17) is 4.74 Å². The molecule has 9 heavy (non-hydrogen) atoms. The fourth-order valence-corrected chi connectivity index (χ4v) is 0.886. The van der Waals surface area contributed by atoms with Crippen LogP contribution in [0.2, 0.25) is 0 Å². The number of rotatable bonds is 3. The highest BCUT2D eigenvalue weighted by Crippen LogP contribution is 2.28. The summed E-state index contributed by atoms with van der Waals surface area (Å²) in [5.74, 6) is 0. The van der Waals surface area contributed by atoms with Crippen LogP contribution in [0.5, 0.6) is 0 Å². The van der Waals surface area contributed by atoms with Gasteiger partial charge in [-0.25, -0.2) is 0 Å². The van der Waals surface area contributed by atoms with Crippen molar-refractivity contribution in [3.63, 3.8) is 0 Å². The monoisotopic (exact) mass is 126 g/mol. The highest BCUT2D eigenvalue weighted by Gasteiger charge is 2.36. The summed E-state index contributed by atoms with van der Waals surface area (Å²) in [5.41, 5.74) is -0.207. The molecule has 1 heterocycles. The molecule has 0 aliphatic carbocycles. The lowest BCUT2D eigenvalue weighted by Crippen LogP contribution is -2.43. The average molecular weight is 126 g/mol. The Hall–Kier alpha value is -0.630. The Balaban J connectivity index is 2.45. The van der Waals surface area contributed by atoms with Crippen molar-refractivity contribution >= 4 is 6.29 Å². The predicted molar refractivity (Wildman–Crippen MR) is 34.1 cm³/mol. The van der Waals surface area contributed by atoms with Gasteiger partial charge in [-0.15, -0.1) is 6.58 Å². The van der Waals surface area contributed by atoms with Gasteiger partial charge in [-0.1, -0.05) is 6.08 Å². The molecule has 0 saturated carbocycles. The Bertz CT molecular complexity index is 125. The number of hydrogen-bond donors (Lipinski definition) is 0. The van der Waals surface area contributed by atoms with Crippen LogP contribution >= 0.6 is 0 Å². The van der Waals surface area contributed by atoms with Crippen molar-refractivity contribution in [3.8, 4) is 0 Å². The van der Waals surface area contributed by atoms with Gasteiger partial charge in [-0.05, 0) is 6.42 Å². The second kappa shape index (κ2) is 2.31. The van der Waals surface area contributed by atoms with Gasteiger partial charge in [0.2, 0.25) is 0 Å². The summed E-state index contributed by atoms with van der Waals surface area (Å²) in [6, 6.07) is 0. The van der Waals surface area contributed by atoms with Gasteiger partial charge >= 0.3 is 0 Å². The van der Waals surface area contributed by atoms with Crippen molar-refractivity contribution in [3.05, 3.63) is 12.7 Å². The molecule has 1 rings (SSSR count). The van der Waals surface area contributed by atoms with Crippen molar-refractivity contribution in [1.29, 1.82) is 0 Å². The minimum absolute atomic E-state index is 0.207. The molecule has 2 heteroatoms. The fourth-order valence-electron chi connectivity index (χ4n) is 0.886. The first-order valence-corrected chi connectivity index (χ1v) is 2.98. The summed E-state index contributed by atoms with van der Waals surface area (Å²) in [5, 5.41) is 0. The van der Waals surface area contributed by atoms with Crippen molar-refractivity contribution in [1.82, 2.24) is 0 Å². The van der Waals surface area contributed by atoms with Crippen LogP contribution in [0.4, 0.5) is 0 Å². The zero-order valence-electron chi connectivity index (χ0n) is 5.30. The van der Waals surface area contributed by atoms with Crippen molar-refractivity contribution in [2.45, 2.75) is 6.42 Å². The van der Waals surface area contributed by atoms with E-state index in [9.17, 15) is 4.79 Å².